The van der Waals surface area contributed by atoms with E-state index in [4.69, 9.17) is 4.74 Å². The molecule has 0 N–H and O–H groups in total. The largest absolute Gasteiger partial charge is 0.490 e. The van der Waals surface area contributed by atoms with Crippen molar-refractivity contribution in [3.05, 3.63) is 30.1 Å². The monoisotopic (exact) mass is 272 g/mol. The lowest BCUT2D eigenvalue weighted by Crippen LogP contribution is -2.11. The molecule has 0 radical (unpaired) electrons. The minimum absolute atomic E-state index is 0.168. The summed E-state index contributed by atoms with van der Waals surface area (Å²) in [6.07, 6.45) is 0.376. The van der Waals surface area contributed by atoms with E-state index in [2.05, 4.69) is 4.74 Å². The number of benzene rings is 1. The summed E-state index contributed by atoms with van der Waals surface area (Å²) in [4.78, 5) is 11.0. The molecule has 0 saturated carbocycles. The van der Waals surface area contributed by atoms with E-state index in [9.17, 15) is 9.18 Å². The first-order valence-corrected chi connectivity index (χ1v) is 6.74. The van der Waals surface area contributed by atoms with Crippen LogP contribution in [-0.4, -0.2) is 30.7 Å². The van der Waals surface area contributed by atoms with Crippen LogP contribution in [0.3, 0.4) is 0 Å². The molecule has 0 bridgehead atoms. The van der Waals surface area contributed by atoms with Crippen LogP contribution in [-0.2, 0) is 9.53 Å². The van der Waals surface area contributed by atoms with E-state index in [-0.39, 0.29) is 22.8 Å². The zero-order chi connectivity index (χ0) is 13.4. The molecule has 18 heavy (non-hydrogen) atoms. The second-order valence-electron chi connectivity index (χ2n) is 3.74. The van der Waals surface area contributed by atoms with Gasteiger partial charge < -0.3 is 9.47 Å². The van der Waals surface area contributed by atoms with Gasteiger partial charge in [-0.05, 0) is 12.1 Å². The third-order valence-electron chi connectivity index (χ3n) is 2.26. The normalized spacial score (nSPS) is 11.9. The molecule has 100 valence electrons. The topological polar surface area (TPSA) is 35.5 Å². The maximum absolute atomic E-state index is 13.2. The number of methoxy groups -OCH3 is 1. The lowest BCUT2D eigenvalue weighted by Gasteiger charge is -2.10. The van der Waals surface area contributed by atoms with Crippen molar-refractivity contribution < 1.29 is 18.7 Å². The molecule has 0 aromatic heterocycles. The maximum atomic E-state index is 13.2. The van der Waals surface area contributed by atoms with Crippen LogP contribution >= 0.6 is 11.8 Å². The Balaban J connectivity index is 2.19. The summed E-state index contributed by atoms with van der Waals surface area (Å²) in [7, 11) is 1.38. The fourth-order valence-electron chi connectivity index (χ4n) is 1.34. The van der Waals surface area contributed by atoms with Gasteiger partial charge in [-0.15, -0.1) is 0 Å². The third-order valence-corrected chi connectivity index (χ3v) is 3.40. The van der Waals surface area contributed by atoms with E-state index in [1.807, 2.05) is 6.92 Å². The number of carbonyl (C=O) groups is 1. The van der Waals surface area contributed by atoms with Gasteiger partial charge >= 0.3 is 5.97 Å². The Morgan fingerprint density at radius 1 is 1.44 bits per heavy atom. The summed E-state index contributed by atoms with van der Waals surface area (Å²) in [6, 6.07) is 6.31. The van der Waals surface area contributed by atoms with Crippen molar-refractivity contribution >= 4 is 17.7 Å². The van der Waals surface area contributed by atoms with Gasteiger partial charge in [-0.1, -0.05) is 19.1 Å². The van der Waals surface area contributed by atoms with Crippen LogP contribution in [0.4, 0.5) is 4.39 Å². The average Bonchev–Trinajstić information content (AvgIpc) is 2.36. The summed E-state index contributed by atoms with van der Waals surface area (Å²) in [6.45, 7) is 2.36. The van der Waals surface area contributed by atoms with Crippen molar-refractivity contribution in [3.8, 4) is 5.75 Å². The number of halogens is 1. The molecule has 1 atom stereocenters. The number of rotatable bonds is 7. The molecule has 0 fully saturated rings. The summed E-state index contributed by atoms with van der Waals surface area (Å²) >= 11 is 1.60. The number of para-hydroxylation sites is 1. The smallest absolute Gasteiger partial charge is 0.306 e. The Morgan fingerprint density at radius 3 is 2.83 bits per heavy atom. The van der Waals surface area contributed by atoms with Crippen molar-refractivity contribution in [3.63, 3.8) is 0 Å². The van der Waals surface area contributed by atoms with Gasteiger partial charge in [0, 0.05) is 11.0 Å². The van der Waals surface area contributed by atoms with Crippen LogP contribution in [0.5, 0.6) is 5.75 Å². The molecule has 0 heterocycles. The number of ether oxygens (including phenoxy) is 2. The quantitative estimate of drug-likeness (QED) is 0.565. The molecule has 0 aliphatic carbocycles. The fraction of sp³-hybridized carbons (Fsp3) is 0.462. The predicted octanol–water partition coefficient (Wildman–Crippen LogP) is 2.89. The van der Waals surface area contributed by atoms with Gasteiger partial charge in [0.15, 0.2) is 11.6 Å². The fourth-order valence-corrected chi connectivity index (χ4v) is 2.18. The van der Waals surface area contributed by atoms with Gasteiger partial charge in [0.2, 0.25) is 0 Å². The first-order valence-electron chi connectivity index (χ1n) is 5.69. The predicted molar refractivity (Wildman–Crippen MR) is 70.4 cm³/mol. The van der Waals surface area contributed by atoms with Crippen LogP contribution < -0.4 is 4.74 Å². The molecule has 1 unspecified atom stereocenters. The minimum atomic E-state index is -0.356. The van der Waals surface area contributed by atoms with Gasteiger partial charge in [-0.2, -0.15) is 11.8 Å². The Labute approximate surface area is 111 Å². The summed E-state index contributed by atoms with van der Waals surface area (Å²) in [5.41, 5.74) is 0. The molecular weight excluding hydrogens is 255 g/mol. The Bertz CT molecular complexity index is 384. The number of carbonyl (C=O) groups excluding carboxylic acids is 1. The maximum Gasteiger partial charge on any atom is 0.306 e. The Kier molecular flexibility index (Phi) is 6.57. The lowest BCUT2D eigenvalue weighted by molar-refractivity contribution is -0.140. The summed E-state index contributed by atoms with van der Waals surface area (Å²) in [5.74, 6) is 0.390. The van der Waals surface area contributed by atoms with E-state index < -0.39 is 0 Å². The SMILES string of the molecule is COC(=O)CC(C)SCCOc1ccccc1F. The number of thioether (sulfide) groups is 1. The molecule has 1 rings (SSSR count). The van der Waals surface area contributed by atoms with E-state index >= 15 is 0 Å². The van der Waals surface area contributed by atoms with Crippen LogP contribution in [0.1, 0.15) is 13.3 Å². The van der Waals surface area contributed by atoms with Crippen LogP contribution in [0.25, 0.3) is 0 Å². The minimum Gasteiger partial charge on any atom is -0.490 e. The summed E-state index contributed by atoms with van der Waals surface area (Å²) < 4.78 is 23.1. The second kappa shape index (κ2) is 7.97. The molecule has 0 spiro atoms. The van der Waals surface area contributed by atoms with Crippen molar-refractivity contribution in [2.24, 2.45) is 0 Å². The van der Waals surface area contributed by atoms with Crippen LogP contribution in [0.2, 0.25) is 0 Å². The van der Waals surface area contributed by atoms with Gasteiger partial charge in [-0.3, -0.25) is 4.79 Å². The van der Waals surface area contributed by atoms with Crippen LogP contribution in [0, 0.1) is 5.82 Å². The highest BCUT2D eigenvalue weighted by molar-refractivity contribution is 7.99. The average molecular weight is 272 g/mol. The van der Waals surface area contributed by atoms with E-state index in [0.29, 0.717) is 18.8 Å². The third kappa shape index (κ3) is 5.40. The van der Waals surface area contributed by atoms with Crippen LogP contribution in [0.15, 0.2) is 24.3 Å². The molecule has 3 nitrogen and oxygen atoms in total. The Hall–Kier alpha value is -1.23. The van der Waals surface area contributed by atoms with Gasteiger partial charge in [0.1, 0.15) is 0 Å². The lowest BCUT2D eigenvalue weighted by atomic mass is 10.3. The first kappa shape index (κ1) is 14.8. The van der Waals surface area contributed by atoms with E-state index in [1.165, 1.54) is 13.2 Å². The molecule has 5 heteroatoms. The molecule has 0 aliphatic heterocycles. The second-order valence-corrected chi connectivity index (χ2v) is 5.29. The first-order chi connectivity index (χ1) is 8.63. The molecule has 0 saturated heterocycles. The van der Waals surface area contributed by atoms with Gasteiger partial charge in [0.05, 0.1) is 20.1 Å². The number of hydrogen-bond donors (Lipinski definition) is 0. The summed E-state index contributed by atoms with van der Waals surface area (Å²) in [5, 5.41) is 0.168. The molecule has 0 aliphatic rings. The van der Waals surface area contributed by atoms with E-state index in [0.717, 1.165) is 0 Å². The van der Waals surface area contributed by atoms with Gasteiger partial charge in [0.25, 0.3) is 0 Å². The highest BCUT2D eigenvalue weighted by Gasteiger charge is 2.09. The standard InChI is InChI=1S/C13H17FO3S/c1-10(9-13(15)16-2)18-8-7-17-12-6-4-3-5-11(12)14/h3-6,10H,7-9H2,1-2H3. The van der Waals surface area contributed by atoms with Crippen molar-refractivity contribution in [1.82, 2.24) is 0 Å². The van der Waals surface area contributed by atoms with Crippen molar-refractivity contribution in [2.75, 3.05) is 19.5 Å². The van der Waals surface area contributed by atoms with E-state index in [1.54, 1.807) is 30.0 Å². The Morgan fingerprint density at radius 2 is 2.17 bits per heavy atom. The molecule has 1 aromatic rings. The highest BCUT2D eigenvalue weighted by atomic mass is 32.2. The van der Waals surface area contributed by atoms with Gasteiger partial charge in [-0.25, -0.2) is 4.39 Å². The molecule has 1 aromatic carbocycles. The number of hydrogen-bond acceptors (Lipinski definition) is 4. The molecule has 0 amide bonds. The number of esters is 1. The van der Waals surface area contributed by atoms with Crippen molar-refractivity contribution in [2.45, 2.75) is 18.6 Å². The van der Waals surface area contributed by atoms with Crippen molar-refractivity contribution in [1.29, 1.82) is 0 Å². The zero-order valence-corrected chi connectivity index (χ0v) is 11.3. The zero-order valence-electron chi connectivity index (χ0n) is 10.5. The molecular formula is C13H17FO3S. The highest BCUT2D eigenvalue weighted by Crippen LogP contribution is 2.18.